The number of hydrogen-bond donors (Lipinski definition) is 1. The number of halogens is 2. The van der Waals surface area contributed by atoms with Gasteiger partial charge in [0.2, 0.25) is 0 Å². The first-order chi connectivity index (χ1) is 9.67. The highest BCUT2D eigenvalue weighted by atomic mass is 79.9. The van der Waals surface area contributed by atoms with Gasteiger partial charge in [0.15, 0.2) is 0 Å². The van der Waals surface area contributed by atoms with Gasteiger partial charge >= 0.3 is 0 Å². The van der Waals surface area contributed by atoms with Crippen LogP contribution in [0.2, 0.25) is 5.02 Å². The second-order valence-electron chi connectivity index (χ2n) is 4.51. The van der Waals surface area contributed by atoms with Crippen LogP contribution in [0.4, 0.5) is 0 Å². The Morgan fingerprint density at radius 1 is 1.35 bits per heavy atom. The molecule has 2 rings (SSSR count). The summed E-state index contributed by atoms with van der Waals surface area (Å²) in [4.78, 5) is 0. The number of hydrogen-bond acceptors (Lipinski definition) is 2. The van der Waals surface area contributed by atoms with E-state index in [0.29, 0.717) is 21.7 Å². The Hall–Kier alpha value is -1.28. The minimum absolute atomic E-state index is 0.0149. The quantitative estimate of drug-likeness (QED) is 0.885. The molecule has 0 aliphatic rings. The van der Waals surface area contributed by atoms with Crippen LogP contribution < -0.4 is 0 Å². The number of rotatable bonds is 5. The minimum atomic E-state index is -0.0149. The van der Waals surface area contributed by atoms with Gasteiger partial charge in [0.25, 0.3) is 0 Å². The normalized spacial score (nSPS) is 12.1. The zero-order valence-electron chi connectivity index (χ0n) is 10.8. The van der Waals surface area contributed by atoms with Crippen molar-refractivity contribution in [3.8, 4) is 6.07 Å². The molecule has 5 heteroatoms. The lowest BCUT2D eigenvalue weighted by molar-refractivity contribution is 0.255. The summed E-state index contributed by atoms with van der Waals surface area (Å²) in [6.07, 6.45) is 1.30. The van der Waals surface area contributed by atoms with Gasteiger partial charge in [0.05, 0.1) is 5.02 Å². The number of nitrogens with zero attached hydrogens (tertiary/aromatic N) is 2. The molecular weight excluding hydrogens is 340 g/mol. The topological polar surface area (TPSA) is 49.0 Å². The van der Waals surface area contributed by atoms with Crippen LogP contribution in [0.15, 0.2) is 41.0 Å². The highest BCUT2D eigenvalue weighted by Gasteiger charge is 2.20. The molecule has 0 amide bonds. The average molecular weight is 354 g/mol. The molecule has 1 aromatic heterocycles. The molecular formula is C15H14BrClN2O. The molecule has 2 aromatic rings. The first-order valence-corrected chi connectivity index (χ1v) is 7.45. The molecule has 0 saturated heterocycles. The van der Waals surface area contributed by atoms with Gasteiger partial charge < -0.3 is 9.67 Å². The van der Waals surface area contributed by atoms with Crippen LogP contribution in [0.1, 0.15) is 23.7 Å². The van der Waals surface area contributed by atoms with E-state index in [1.54, 1.807) is 6.07 Å². The number of benzene rings is 1. The third-order valence-corrected chi connectivity index (χ3v) is 4.51. The third-order valence-electron chi connectivity index (χ3n) is 3.19. The Balaban J connectivity index is 2.36. The Bertz CT molecular complexity index is 619. The van der Waals surface area contributed by atoms with Gasteiger partial charge in [-0.2, -0.15) is 5.26 Å². The minimum Gasteiger partial charge on any atom is -0.396 e. The second kappa shape index (κ2) is 6.94. The van der Waals surface area contributed by atoms with Crippen LogP contribution in [0.25, 0.3) is 0 Å². The summed E-state index contributed by atoms with van der Waals surface area (Å²) in [7, 11) is 0. The summed E-state index contributed by atoms with van der Waals surface area (Å²) in [5.74, 6) is 0. The molecule has 3 nitrogen and oxygen atoms in total. The van der Waals surface area contributed by atoms with E-state index in [1.165, 1.54) is 0 Å². The van der Waals surface area contributed by atoms with E-state index in [9.17, 15) is 10.4 Å². The van der Waals surface area contributed by atoms with Crippen molar-refractivity contribution in [3.05, 3.63) is 57.3 Å². The molecule has 20 heavy (non-hydrogen) atoms. The number of aliphatic hydroxyl groups excluding tert-OH is 1. The highest BCUT2D eigenvalue weighted by Crippen LogP contribution is 2.32. The molecule has 0 spiro atoms. The van der Waals surface area contributed by atoms with Crippen molar-refractivity contribution >= 4 is 27.5 Å². The van der Waals surface area contributed by atoms with E-state index in [0.717, 1.165) is 12.0 Å². The lowest BCUT2D eigenvalue weighted by atomic mass is 10.0. The SMILES string of the molecule is N#Cc1cc(Cl)c(Br)n1[C@@H](CCO)Cc1ccccc1. The lowest BCUT2D eigenvalue weighted by Gasteiger charge is -2.20. The van der Waals surface area contributed by atoms with Crippen molar-refractivity contribution in [2.24, 2.45) is 0 Å². The van der Waals surface area contributed by atoms with Crippen LogP contribution in [-0.4, -0.2) is 16.3 Å². The van der Waals surface area contributed by atoms with Crippen LogP contribution in [0, 0.1) is 11.3 Å². The molecule has 0 aliphatic heterocycles. The highest BCUT2D eigenvalue weighted by molar-refractivity contribution is 9.10. The van der Waals surface area contributed by atoms with E-state index in [1.807, 2.05) is 34.9 Å². The molecule has 104 valence electrons. The summed E-state index contributed by atoms with van der Waals surface area (Å²) >= 11 is 9.50. The van der Waals surface area contributed by atoms with Crippen molar-refractivity contribution in [2.45, 2.75) is 18.9 Å². The van der Waals surface area contributed by atoms with Gasteiger partial charge in [-0.3, -0.25) is 0 Å². The Morgan fingerprint density at radius 3 is 2.65 bits per heavy atom. The van der Waals surface area contributed by atoms with Gasteiger partial charge in [0, 0.05) is 12.6 Å². The molecule has 0 unspecified atom stereocenters. The predicted octanol–water partition coefficient (Wildman–Crippen LogP) is 3.94. The van der Waals surface area contributed by atoms with Gasteiger partial charge in [-0.25, -0.2) is 0 Å². The van der Waals surface area contributed by atoms with Crippen LogP contribution >= 0.6 is 27.5 Å². The molecule has 0 saturated carbocycles. The maximum atomic E-state index is 9.29. The Labute approximate surface area is 131 Å². The molecule has 1 N–H and O–H groups in total. The average Bonchev–Trinajstić information content (AvgIpc) is 2.75. The van der Waals surface area contributed by atoms with Gasteiger partial charge in [-0.15, -0.1) is 0 Å². The van der Waals surface area contributed by atoms with Crippen LogP contribution in [0.5, 0.6) is 0 Å². The number of aromatic nitrogens is 1. The first kappa shape index (κ1) is 15.1. The lowest BCUT2D eigenvalue weighted by Crippen LogP contribution is -2.15. The summed E-state index contributed by atoms with van der Waals surface area (Å²) in [6.45, 7) is 0.0601. The van der Waals surface area contributed by atoms with E-state index < -0.39 is 0 Å². The Kier molecular flexibility index (Phi) is 5.24. The smallest absolute Gasteiger partial charge is 0.122 e. The number of nitriles is 1. The van der Waals surface area contributed by atoms with E-state index in [4.69, 9.17) is 11.6 Å². The first-order valence-electron chi connectivity index (χ1n) is 6.28. The summed E-state index contributed by atoms with van der Waals surface area (Å²) in [5.41, 5.74) is 1.66. The zero-order chi connectivity index (χ0) is 14.5. The maximum absolute atomic E-state index is 9.29. The van der Waals surface area contributed by atoms with Crippen molar-refractivity contribution < 1.29 is 5.11 Å². The van der Waals surface area contributed by atoms with Crippen LogP contribution in [0.3, 0.4) is 0 Å². The van der Waals surface area contributed by atoms with E-state index in [-0.39, 0.29) is 12.6 Å². The fraction of sp³-hybridized carbons (Fsp3) is 0.267. The van der Waals surface area contributed by atoms with E-state index in [2.05, 4.69) is 22.0 Å². The zero-order valence-corrected chi connectivity index (χ0v) is 13.1. The maximum Gasteiger partial charge on any atom is 0.122 e. The molecule has 0 radical (unpaired) electrons. The number of aliphatic hydroxyl groups is 1. The summed E-state index contributed by atoms with van der Waals surface area (Å²) < 4.78 is 2.54. The van der Waals surface area contributed by atoms with E-state index >= 15 is 0 Å². The van der Waals surface area contributed by atoms with Crippen molar-refractivity contribution in [1.82, 2.24) is 4.57 Å². The molecule has 0 fully saturated rings. The molecule has 0 bridgehead atoms. The van der Waals surface area contributed by atoms with Gasteiger partial charge in [0.1, 0.15) is 16.4 Å². The molecule has 1 aromatic carbocycles. The summed E-state index contributed by atoms with van der Waals surface area (Å²) in [5, 5.41) is 19.0. The fourth-order valence-electron chi connectivity index (χ4n) is 2.27. The van der Waals surface area contributed by atoms with Crippen LogP contribution in [-0.2, 0) is 6.42 Å². The van der Waals surface area contributed by atoms with Gasteiger partial charge in [-0.05, 0) is 40.4 Å². The largest absolute Gasteiger partial charge is 0.396 e. The standard InChI is InChI=1S/C15H14BrClN2O/c16-15-14(17)9-13(10-18)19(15)12(6-7-20)8-11-4-2-1-3-5-11/h1-5,9,12,20H,6-8H2/t12-/m0/s1. The van der Waals surface area contributed by atoms with Crippen molar-refractivity contribution in [1.29, 1.82) is 5.26 Å². The monoisotopic (exact) mass is 352 g/mol. The molecule has 1 heterocycles. The fourth-order valence-corrected chi connectivity index (χ4v) is 3.06. The Morgan fingerprint density at radius 2 is 2.05 bits per heavy atom. The molecule has 1 atom stereocenters. The molecule has 0 aliphatic carbocycles. The third kappa shape index (κ3) is 3.24. The van der Waals surface area contributed by atoms with Gasteiger partial charge in [-0.1, -0.05) is 41.9 Å². The second-order valence-corrected chi connectivity index (χ2v) is 5.66. The van der Waals surface area contributed by atoms with Crippen molar-refractivity contribution in [3.63, 3.8) is 0 Å². The van der Waals surface area contributed by atoms with Crippen molar-refractivity contribution in [2.75, 3.05) is 6.61 Å². The predicted molar refractivity (Wildman–Crippen MR) is 82.7 cm³/mol. The summed E-state index contributed by atoms with van der Waals surface area (Å²) in [6, 6.07) is 13.8.